The average molecular weight is 322 g/mol. The number of para-hydroxylation sites is 1. The second-order valence-electron chi connectivity index (χ2n) is 5.34. The Bertz CT molecular complexity index is 792. The molecular formula is C19H19FN4. The summed E-state index contributed by atoms with van der Waals surface area (Å²) in [6.07, 6.45) is 1.68. The summed E-state index contributed by atoms with van der Waals surface area (Å²) >= 11 is 0. The summed E-state index contributed by atoms with van der Waals surface area (Å²) in [5.74, 6) is 0.849. The minimum absolute atomic E-state index is 0.330. The Kier molecular flexibility index (Phi) is 5.01. The number of rotatable bonds is 6. The molecular weight excluding hydrogens is 303 g/mol. The van der Waals surface area contributed by atoms with Crippen LogP contribution < -0.4 is 10.2 Å². The van der Waals surface area contributed by atoms with Crippen LogP contribution in [0.1, 0.15) is 12.5 Å². The van der Waals surface area contributed by atoms with Crippen LogP contribution in [0, 0.1) is 5.82 Å². The maximum Gasteiger partial charge on any atom is 0.229 e. The molecule has 1 aromatic heterocycles. The van der Waals surface area contributed by atoms with E-state index in [1.165, 1.54) is 11.6 Å². The van der Waals surface area contributed by atoms with Gasteiger partial charge < -0.3 is 10.2 Å². The van der Waals surface area contributed by atoms with E-state index in [0.717, 1.165) is 18.9 Å². The minimum Gasteiger partial charge on any atom is -0.352 e. The molecule has 0 atom stereocenters. The second-order valence-corrected chi connectivity index (χ2v) is 5.34. The Balaban J connectivity index is 1.79. The Morgan fingerprint density at radius 1 is 1.00 bits per heavy atom. The molecule has 5 heteroatoms. The van der Waals surface area contributed by atoms with Crippen molar-refractivity contribution in [3.05, 3.63) is 78.2 Å². The van der Waals surface area contributed by atoms with Crippen molar-refractivity contribution in [2.45, 2.75) is 13.5 Å². The summed E-state index contributed by atoms with van der Waals surface area (Å²) in [6.45, 7) is 3.65. The van der Waals surface area contributed by atoms with Gasteiger partial charge in [-0.1, -0.05) is 42.5 Å². The highest BCUT2D eigenvalue weighted by Crippen LogP contribution is 2.20. The summed E-state index contributed by atoms with van der Waals surface area (Å²) in [5, 5.41) is 2.93. The normalized spacial score (nSPS) is 10.4. The lowest BCUT2D eigenvalue weighted by Gasteiger charge is -2.22. The molecule has 1 heterocycles. The third-order valence-corrected chi connectivity index (χ3v) is 3.68. The smallest absolute Gasteiger partial charge is 0.229 e. The van der Waals surface area contributed by atoms with Gasteiger partial charge in [0.2, 0.25) is 5.95 Å². The van der Waals surface area contributed by atoms with Crippen molar-refractivity contribution in [2.75, 3.05) is 16.8 Å². The zero-order valence-corrected chi connectivity index (χ0v) is 13.5. The zero-order chi connectivity index (χ0) is 16.8. The van der Waals surface area contributed by atoms with Crippen molar-refractivity contribution in [3.63, 3.8) is 0 Å². The number of nitrogens with zero attached hydrogens (tertiary/aromatic N) is 3. The molecule has 0 bridgehead atoms. The van der Waals surface area contributed by atoms with Crippen molar-refractivity contribution in [3.8, 4) is 0 Å². The summed E-state index contributed by atoms with van der Waals surface area (Å²) in [6, 6.07) is 18.6. The molecule has 0 amide bonds. The molecule has 1 N–H and O–H groups in total. The van der Waals surface area contributed by atoms with E-state index < -0.39 is 0 Å². The predicted octanol–water partition coefficient (Wildman–Crippen LogP) is 4.39. The van der Waals surface area contributed by atoms with Crippen molar-refractivity contribution in [1.82, 2.24) is 9.97 Å². The van der Waals surface area contributed by atoms with Crippen molar-refractivity contribution >= 4 is 17.5 Å². The van der Waals surface area contributed by atoms with Crippen LogP contribution in [0.25, 0.3) is 0 Å². The van der Waals surface area contributed by atoms with E-state index in [4.69, 9.17) is 0 Å². The third-order valence-electron chi connectivity index (χ3n) is 3.68. The lowest BCUT2D eigenvalue weighted by molar-refractivity contribution is 0.631. The van der Waals surface area contributed by atoms with Crippen LogP contribution in [0.4, 0.5) is 21.8 Å². The van der Waals surface area contributed by atoms with E-state index in [2.05, 4.69) is 39.2 Å². The molecule has 0 aliphatic rings. The monoisotopic (exact) mass is 322 g/mol. The van der Waals surface area contributed by atoms with Gasteiger partial charge in [0.25, 0.3) is 0 Å². The number of anilines is 3. The highest BCUT2D eigenvalue weighted by molar-refractivity contribution is 5.55. The van der Waals surface area contributed by atoms with Gasteiger partial charge in [0, 0.05) is 19.3 Å². The molecule has 0 fully saturated rings. The third kappa shape index (κ3) is 3.87. The number of aromatic nitrogens is 2. The van der Waals surface area contributed by atoms with Gasteiger partial charge >= 0.3 is 0 Å². The van der Waals surface area contributed by atoms with Crippen LogP contribution in [-0.4, -0.2) is 16.5 Å². The van der Waals surface area contributed by atoms with Gasteiger partial charge in [-0.15, -0.1) is 0 Å². The fourth-order valence-electron chi connectivity index (χ4n) is 2.43. The molecule has 3 rings (SSSR count). The van der Waals surface area contributed by atoms with Gasteiger partial charge in [-0.2, -0.15) is 4.98 Å². The summed E-state index contributed by atoms with van der Waals surface area (Å²) in [4.78, 5) is 10.8. The SMILES string of the molecule is CCN(Cc1ccccc1)c1ccnc(Nc2ccccc2F)n1. The van der Waals surface area contributed by atoms with Gasteiger partial charge in [0.05, 0.1) is 5.69 Å². The number of nitrogens with one attached hydrogen (secondary N) is 1. The number of hydrogen-bond acceptors (Lipinski definition) is 4. The van der Waals surface area contributed by atoms with Crippen LogP contribution in [-0.2, 0) is 6.54 Å². The summed E-state index contributed by atoms with van der Waals surface area (Å²) in [7, 11) is 0. The first-order valence-electron chi connectivity index (χ1n) is 7.89. The quantitative estimate of drug-likeness (QED) is 0.731. The second kappa shape index (κ2) is 7.55. The molecule has 0 radical (unpaired) electrons. The Hall–Kier alpha value is -2.95. The molecule has 3 aromatic rings. The lowest BCUT2D eigenvalue weighted by atomic mass is 10.2. The molecule has 0 saturated heterocycles. The van der Waals surface area contributed by atoms with Gasteiger partial charge in [0.15, 0.2) is 0 Å². The molecule has 4 nitrogen and oxygen atoms in total. The van der Waals surface area contributed by atoms with Crippen molar-refractivity contribution < 1.29 is 4.39 Å². The fourth-order valence-corrected chi connectivity index (χ4v) is 2.43. The van der Waals surface area contributed by atoms with E-state index in [9.17, 15) is 4.39 Å². The molecule has 0 aliphatic heterocycles. The molecule has 0 aliphatic carbocycles. The zero-order valence-electron chi connectivity index (χ0n) is 13.5. The Morgan fingerprint density at radius 3 is 2.50 bits per heavy atom. The number of benzene rings is 2. The summed E-state index contributed by atoms with van der Waals surface area (Å²) < 4.78 is 13.8. The van der Waals surface area contributed by atoms with Crippen LogP contribution in [0.2, 0.25) is 0 Å². The van der Waals surface area contributed by atoms with Gasteiger partial charge in [-0.05, 0) is 30.7 Å². The van der Waals surface area contributed by atoms with Crippen LogP contribution in [0.15, 0.2) is 66.9 Å². The molecule has 24 heavy (non-hydrogen) atoms. The maximum atomic E-state index is 13.8. The Morgan fingerprint density at radius 2 is 1.75 bits per heavy atom. The van der Waals surface area contributed by atoms with E-state index in [1.807, 2.05) is 24.3 Å². The van der Waals surface area contributed by atoms with Crippen LogP contribution in [0.5, 0.6) is 0 Å². The van der Waals surface area contributed by atoms with Gasteiger partial charge in [0.1, 0.15) is 11.6 Å². The lowest BCUT2D eigenvalue weighted by Crippen LogP contribution is -2.23. The molecule has 2 aromatic carbocycles. The molecule has 122 valence electrons. The summed E-state index contributed by atoms with van der Waals surface area (Å²) in [5.41, 5.74) is 1.57. The first-order chi connectivity index (χ1) is 11.8. The van der Waals surface area contributed by atoms with E-state index in [-0.39, 0.29) is 5.82 Å². The topological polar surface area (TPSA) is 41.1 Å². The highest BCUT2D eigenvalue weighted by Gasteiger charge is 2.09. The largest absolute Gasteiger partial charge is 0.352 e. The van der Waals surface area contributed by atoms with E-state index in [1.54, 1.807) is 24.4 Å². The Labute approximate surface area is 141 Å². The van der Waals surface area contributed by atoms with E-state index >= 15 is 0 Å². The van der Waals surface area contributed by atoms with Crippen LogP contribution in [0.3, 0.4) is 0 Å². The fraction of sp³-hybridized carbons (Fsp3) is 0.158. The minimum atomic E-state index is -0.330. The molecule has 0 unspecified atom stereocenters. The number of halogens is 1. The number of hydrogen-bond donors (Lipinski definition) is 1. The maximum absolute atomic E-state index is 13.8. The molecule has 0 saturated carbocycles. The first-order valence-corrected chi connectivity index (χ1v) is 7.89. The van der Waals surface area contributed by atoms with E-state index in [0.29, 0.717) is 11.6 Å². The first kappa shape index (κ1) is 15.9. The van der Waals surface area contributed by atoms with Crippen LogP contribution >= 0.6 is 0 Å². The predicted molar refractivity (Wildman–Crippen MR) is 94.9 cm³/mol. The van der Waals surface area contributed by atoms with Crippen molar-refractivity contribution in [1.29, 1.82) is 0 Å². The van der Waals surface area contributed by atoms with Crippen molar-refractivity contribution in [2.24, 2.45) is 0 Å². The highest BCUT2D eigenvalue weighted by atomic mass is 19.1. The average Bonchev–Trinajstić information content (AvgIpc) is 2.63. The standard InChI is InChI=1S/C19H19FN4/c1-2-24(14-15-8-4-3-5-9-15)18-12-13-21-19(23-18)22-17-11-7-6-10-16(17)20/h3-13H,2,14H2,1H3,(H,21,22,23). The van der Waals surface area contributed by atoms with Gasteiger partial charge in [-0.3, -0.25) is 0 Å². The molecule has 0 spiro atoms. The van der Waals surface area contributed by atoms with Gasteiger partial charge in [-0.25, -0.2) is 9.37 Å².